The molecule has 130 valence electrons. The van der Waals surface area contributed by atoms with Gasteiger partial charge in [0, 0.05) is 33.4 Å². The van der Waals surface area contributed by atoms with Gasteiger partial charge in [0.1, 0.15) is 0 Å². The van der Waals surface area contributed by atoms with Crippen molar-refractivity contribution in [1.82, 2.24) is 10.6 Å². The number of guanidine groups is 1. The molecule has 0 aromatic carbocycles. The van der Waals surface area contributed by atoms with E-state index in [0.717, 1.165) is 56.4 Å². The van der Waals surface area contributed by atoms with Gasteiger partial charge in [-0.1, -0.05) is 26.2 Å². The predicted octanol–water partition coefficient (Wildman–Crippen LogP) is 3.41. The molecule has 0 heterocycles. The zero-order chi connectivity index (χ0) is 14.9. The molecule has 22 heavy (non-hydrogen) atoms. The maximum absolute atomic E-state index is 5.64. The van der Waals surface area contributed by atoms with Crippen LogP contribution in [-0.2, 0) is 4.74 Å². The van der Waals surface area contributed by atoms with Crippen LogP contribution in [-0.4, -0.2) is 39.3 Å². The van der Waals surface area contributed by atoms with Gasteiger partial charge >= 0.3 is 0 Å². The Balaban J connectivity index is 0.00000242. The molecule has 2 aliphatic carbocycles. The molecule has 5 heteroatoms. The van der Waals surface area contributed by atoms with Gasteiger partial charge < -0.3 is 15.4 Å². The number of nitrogens with one attached hydrogen (secondary N) is 2. The third kappa shape index (κ3) is 7.99. The van der Waals surface area contributed by atoms with Gasteiger partial charge in [0.2, 0.25) is 0 Å². The van der Waals surface area contributed by atoms with Crippen molar-refractivity contribution in [2.45, 2.75) is 51.9 Å². The summed E-state index contributed by atoms with van der Waals surface area (Å²) in [4.78, 5) is 4.31. The molecule has 4 nitrogen and oxygen atoms in total. The van der Waals surface area contributed by atoms with E-state index in [1.165, 1.54) is 38.5 Å². The van der Waals surface area contributed by atoms with Crippen molar-refractivity contribution in [3.05, 3.63) is 0 Å². The van der Waals surface area contributed by atoms with E-state index in [9.17, 15) is 0 Å². The molecular formula is C17H34IN3O. The number of aliphatic imine (C=N–C) groups is 1. The van der Waals surface area contributed by atoms with Gasteiger partial charge in [0.05, 0.1) is 0 Å². The van der Waals surface area contributed by atoms with Crippen molar-refractivity contribution < 1.29 is 4.74 Å². The number of nitrogens with zero attached hydrogens (tertiary/aromatic N) is 1. The average molecular weight is 423 g/mol. The third-order valence-corrected chi connectivity index (χ3v) is 4.85. The van der Waals surface area contributed by atoms with Crippen molar-refractivity contribution in [3.8, 4) is 0 Å². The van der Waals surface area contributed by atoms with Gasteiger partial charge in [-0.25, -0.2) is 0 Å². The van der Waals surface area contributed by atoms with E-state index in [0.29, 0.717) is 0 Å². The van der Waals surface area contributed by atoms with Crippen LogP contribution in [0.4, 0.5) is 0 Å². The Labute approximate surface area is 153 Å². The molecule has 0 amide bonds. The average Bonchev–Trinajstić information content (AvgIpc) is 3.31. The number of hydrogen-bond acceptors (Lipinski definition) is 2. The van der Waals surface area contributed by atoms with Crippen LogP contribution < -0.4 is 10.6 Å². The van der Waals surface area contributed by atoms with E-state index in [2.05, 4.69) is 22.5 Å². The van der Waals surface area contributed by atoms with Crippen LogP contribution >= 0.6 is 24.0 Å². The molecule has 0 aromatic rings. The SMILES string of the molecule is CN=C(NCCCOCC1CC1)NCC1CCCCC1C.I. The molecule has 2 unspecified atom stereocenters. The predicted molar refractivity (Wildman–Crippen MR) is 104 cm³/mol. The standard InChI is InChI=1S/C17H33N3O.HI/c1-14-6-3-4-7-16(14)12-20-17(18-2)19-10-5-11-21-13-15-8-9-15;/h14-16H,3-13H2,1-2H3,(H2,18,19,20);1H. The lowest BCUT2D eigenvalue weighted by Crippen LogP contribution is -2.41. The first-order valence-electron chi connectivity index (χ1n) is 8.82. The monoisotopic (exact) mass is 423 g/mol. The molecule has 2 saturated carbocycles. The van der Waals surface area contributed by atoms with Crippen LogP contribution in [0.15, 0.2) is 4.99 Å². The molecule has 2 rings (SSSR count). The molecule has 0 saturated heterocycles. The van der Waals surface area contributed by atoms with Gasteiger partial charge in [-0.2, -0.15) is 0 Å². The first-order chi connectivity index (χ1) is 10.3. The Hall–Kier alpha value is -0.0400. The van der Waals surface area contributed by atoms with Gasteiger partial charge in [0.15, 0.2) is 5.96 Å². The minimum absolute atomic E-state index is 0. The van der Waals surface area contributed by atoms with Crippen LogP contribution in [0.2, 0.25) is 0 Å². The lowest BCUT2D eigenvalue weighted by atomic mass is 9.80. The van der Waals surface area contributed by atoms with E-state index in [4.69, 9.17) is 4.74 Å². The van der Waals surface area contributed by atoms with Crippen molar-refractivity contribution in [3.63, 3.8) is 0 Å². The molecule has 0 spiro atoms. The van der Waals surface area contributed by atoms with Crippen LogP contribution in [0.5, 0.6) is 0 Å². The highest BCUT2D eigenvalue weighted by molar-refractivity contribution is 14.0. The molecule has 0 radical (unpaired) electrons. The Morgan fingerprint density at radius 3 is 2.59 bits per heavy atom. The van der Waals surface area contributed by atoms with Gasteiger partial charge in [-0.3, -0.25) is 4.99 Å². The summed E-state index contributed by atoms with van der Waals surface area (Å²) in [6, 6.07) is 0. The zero-order valence-corrected chi connectivity index (χ0v) is 16.6. The summed E-state index contributed by atoms with van der Waals surface area (Å²) in [5.74, 6) is 3.46. The fourth-order valence-corrected chi connectivity index (χ4v) is 3.06. The zero-order valence-electron chi connectivity index (χ0n) is 14.3. The van der Waals surface area contributed by atoms with E-state index in [1.807, 2.05) is 7.05 Å². The topological polar surface area (TPSA) is 45.7 Å². The molecular weight excluding hydrogens is 389 g/mol. The molecule has 0 aliphatic heterocycles. The van der Waals surface area contributed by atoms with E-state index < -0.39 is 0 Å². The Bertz CT molecular complexity index is 321. The lowest BCUT2D eigenvalue weighted by molar-refractivity contribution is 0.123. The van der Waals surface area contributed by atoms with Crippen LogP contribution in [0, 0.1) is 17.8 Å². The summed E-state index contributed by atoms with van der Waals surface area (Å²) in [7, 11) is 1.85. The van der Waals surface area contributed by atoms with Gasteiger partial charge in [-0.15, -0.1) is 24.0 Å². The molecule has 2 fully saturated rings. The second-order valence-corrected chi connectivity index (χ2v) is 6.77. The van der Waals surface area contributed by atoms with Crippen molar-refractivity contribution >= 4 is 29.9 Å². The van der Waals surface area contributed by atoms with Gasteiger partial charge in [0.25, 0.3) is 0 Å². The number of ether oxygens (including phenoxy) is 1. The number of hydrogen-bond donors (Lipinski definition) is 2. The van der Waals surface area contributed by atoms with E-state index in [-0.39, 0.29) is 24.0 Å². The minimum Gasteiger partial charge on any atom is -0.381 e. The third-order valence-electron chi connectivity index (χ3n) is 4.85. The van der Waals surface area contributed by atoms with Crippen molar-refractivity contribution in [1.29, 1.82) is 0 Å². The quantitative estimate of drug-likeness (QED) is 0.272. The van der Waals surface area contributed by atoms with Crippen LogP contribution in [0.25, 0.3) is 0 Å². The summed E-state index contributed by atoms with van der Waals surface area (Å²) < 4.78 is 5.64. The molecule has 2 aliphatic rings. The maximum atomic E-state index is 5.64. The molecule has 0 aromatic heterocycles. The molecule has 2 N–H and O–H groups in total. The summed E-state index contributed by atoms with van der Waals surface area (Å²) in [5, 5.41) is 6.87. The van der Waals surface area contributed by atoms with E-state index in [1.54, 1.807) is 0 Å². The fraction of sp³-hybridized carbons (Fsp3) is 0.941. The summed E-state index contributed by atoms with van der Waals surface area (Å²) in [6.45, 7) is 6.20. The second kappa shape index (κ2) is 11.5. The van der Waals surface area contributed by atoms with Crippen LogP contribution in [0.3, 0.4) is 0 Å². The number of halogens is 1. The maximum Gasteiger partial charge on any atom is 0.190 e. The normalized spacial score (nSPS) is 25.5. The number of rotatable bonds is 8. The smallest absolute Gasteiger partial charge is 0.190 e. The fourth-order valence-electron chi connectivity index (χ4n) is 3.06. The molecule has 0 bridgehead atoms. The van der Waals surface area contributed by atoms with Crippen molar-refractivity contribution in [2.24, 2.45) is 22.7 Å². The Morgan fingerprint density at radius 1 is 1.14 bits per heavy atom. The highest BCUT2D eigenvalue weighted by Crippen LogP contribution is 2.29. The highest BCUT2D eigenvalue weighted by Gasteiger charge is 2.21. The first-order valence-corrected chi connectivity index (χ1v) is 8.82. The second-order valence-electron chi connectivity index (χ2n) is 6.77. The summed E-state index contributed by atoms with van der Waals surface area (Å²) in [5.41, 5.74) is 0. The Morgan fingerprint density at radius 2 is 1.91 bits per heavy atom. The minimum atomic E-state index is 0. The highest BCUT2D eigenvalue weighted by atomic mass is 127. The van der Waals surface area contributed by atoms with Crippen LogP contribution in [0.1, 0.15) is 51.9 Å². The largest absolute Gasteiger partial charge is 0.381 e. The lowest BCUT2D eigenvalue weighted by Gasteiger charge is -2.29. The summed E-state index contributed by atoms with van der Waals surface area (Å²) >= 11 is 0. The van der Waals surface area contributed by atoms with Crippen molar-refractivity contribution in [2.75, 3.05) is 33.4 Å². The molecule has 2 atom stereocenters. The first kappa shape index (κ1) is 20.0. The van der Waals surface area contributed by atoms with E-state index >= 15 is 0 Å². The Kier molecular flexibility index (Phi) is 10.4. The summed E-state index contributed by atoms with van der Waals surface area (Å²) in [6.07, 6.45) is 9.33. The van der Waals surface area contributed by atoms with Gasteiger partial charge in [-0.05, 0) is 43.4 Å².